The molecule has 4 nitrogen and oxygen atoms in total. The minimum Gasteiger partial charge on any atom is -0.422 e. The maximum Gasteiger partial charge on any atom is 0.343 e. The maximum absolute atomic E-state index is 12.4. The highest BCUT2D eigenvalue weighted by atomic mass is 16.5. The molecule has 0 aromatic heterocycles. The summed E-state index contributed by atoms with van der Waals surface area (Å²) in [4.78, 5) is 12.4. The molecule has 24 heavy (non-hydrogen) atoms. The monoisotopic (exact) mass is 325 g/mol. The average Bonchev–Trinajstić information content (AvgIpc) is 2.50. The van der Waals surface area contributed by atoms with E-state index in [-0.39, 0.29) is 11.4 Å². The van der Waals surface area contributed by atoms with Gasteiger partial charge in [0.15, 0.2) is 0 Å². The molecule has 1 N–H and O–H groups in total. The second-order valence-corrected chi connectivity index (χ2v) is 6.95. The van der Waals surface area contributed by atoms with Gasteiger partial charge in [0.25, 0.3) is 0 Å². The summed E-state index contributed by atoms with van der Waals surface area (Å²) >= 11 is 0. The van der Waals surface area contributed by atoms with Gasteiger partial charge in [0.05, 0.1) is 11.8 Å². The van der Waals surface area contributed by atoms with Gasteiger partial charge in [-0.1, -0.05) is 38.1 Å². The van der Waals surface area contributed by atoms with Gasteiger partial charge in [0.1, 0.15) is 5.75 Å². The van der Waals surface area contributed by atoms with Crippen LogP contribution in [0, 0.1) is 13.8 Å². The summed E-state index contributed by atoms with van der Waals surface area (Å²) in [5.41, 5.74) is 4.09. The third-order valence-corrected chi connectivity index (χ3v) is 3.87. The van der Waals surface area contributed by atoms with Gasteiger partial charge in [0.2, 0.25) is 0 Å². The molecule has 126 valence electrons. The van der Waals surface area contributed by atoms with E-state index in [0.717, 1.165) is 16.7 Å². The number of aryl methyl sites for hydroxylation is 2. The van der Waals surface area contributed by atoms with E-state index < -0.39 is 0 Å². The number of nitrogens with zero attached hydrogens (tertiary/aromatic N) is 1. The average molecular weight is 325 g/mol. The van der Waals surface area contributed by atoms with E-state index in [1.54, 1.807) is 24.3 Å². The topological polar surface area (TPSA) is 58.9 Å². The van der Waals surface area contributed by atoms with Crippen molar-refractivity contribution in [3.63, 3.8) is 0 Å². The van der Waals surface area contributed by atoms with Gasteiger partial charge in [-0.25, -0.2) is 4.79 Å². The lowest BCUT2D eigenvalue weighted by molar-refractivity contribution is 0.0732. The molecular weight excluding hydrogens is 302 g/mol. The fraction of sp³-hybridized carbons (Fsp3) is 0.300. The number of carbonyl (C=O) groups is 1. The van der Waals surface area contributed by atoms with Crippen LogP contribution in [-0.2, 0) is 5.41 Å². The van der Waals surface area contributed by atoms with Crippen molar-refractivity contribution in [3.8, 4) is 5.75 Å². The van der Waals surface area contributed by atoms with E-state index in [1.807, 2.05) is 26.0 Å². The van der Waals surface area contributed by atoms with Crippen LogP contribution < -0.4 is 4.74 Å². The molecule has 0 saturated carbocycles. The van der Waals surface area contributed by atoms with E-state index in [4.69, 9.17) is 9.94 Å². The molecule has 2 aromatic carbocycles. The van der Waals surface area contributed by atoms with Crippen LogP contribution >= 0.6 is 0 Å². The molecule has 0 atom stereocenters. The number of rotatable bonds is 3. The van der Waals surface area contributed by atoms with Gasteiger partial charge >= 0.3 is 5.97 Å². The first-order valence-electron chi connectivity index (χ1n) is 7.84. The quantitative estimate of drug-likeness (QED) is 0.294. The molecule has 0 fully saturated rings. The van der Waals surface area contributed by atoms with E-state index in [0.29, 0.717) is 11.3 Å². The highest BCUT2D eigenvalue weighted by Gasteiger charge is 2.16. The number of benzene rings is 2. The molecule has 2 rings (SSSR count). The molecule has 4 heteroatoms. The Morgan fingerprint density at radius 1 is 1.08 bits per heavy atom. The number of oxime groups is 1. The first-order valence-corrected chi connectivity index (χ1v) is 7.84. The Morgan fingerprint density at radius 2 is 1.62 bits per heavy atom. The minimum absolute atomic E-state index is 0.0414. The summed E-state index contributed by atoms with van der Waals surface area (Å²) in [5.74, 6) is 0.153. The molecule has 0 aliphatic carbocycles. The molecule has 0 aliphatic heterocycles. The fourth-order valence-corrected chi connectivity index (χ4v) is 2.54. The lowest BCUT2D eigenvalue weighted by Crippen LogP contribution is -2.13. The van der Waals surface area contributed by atoms with Crippen molar-refractivity contribution in [1.82, 2.24) is 0 Å². The van der Waals surface area contributed by atoms with Crippen molar-refractivity contribution in [3.05, 3.63) is 64.2 Å². The SMILES string of the molecule is Cc1cc(/C=N/O)cc(C)c1OC(=O)c1ccc(C(C)(C)C)cc1. The fourth-order valence-electron chi connectivity index (χ4n) is 2.54. The lowest BCUT2D eigenvalue weighted by atomic mass is 9.87. The van der Waals surface area contributed by atoms with Crippen LogP contribution in [0.1, 0.15) is 53.4 Å². The normalized spacial score (nSPS) is 11.7. The van der Waals surface area contributed by atoms with Crippen LogP contribution in [0.2, 0.25) is 0 Å². The zero-order valence-corrected chi connectivity index (χ0v) is 14.8. The van der Waals surface area contributed by atoms with Crippen LogP contribution in [0.15, 0.2) is 41.6 Å². The number of esters is 1. The van der Waals surface area contributed by atoms with Crippen LogP contribution in [0.3, 0.4) is 0 Å². The number of carbonyl (C=O) groups excluding carboxylic acids is 1. The van der Waals surface area contributed by atoms with Crippen molar-refractivity contribution >= 4 is 12.2 Å². The summed E-state index contributed by atoms with van der Waals surface area (Å²) in [6.45, 7) is 10.1. The molecule has 0 saturated heterocycles. The standard InChI is InChI=1S/C20H23NO3/c1-13-10-15(12-21-23)11-14(2)18(13)24-19(22)16-6-8-17(9-7-16)20(3,4)5/h6-12,23H,1-5H3/b21-12+. The second-order valence-electron chi connectivity index (χ2n) is 6.95. The summed E-state index contributed by atoms with van der Waals surface area (Å²) in [6.07, 6.45) is 1.34. The highest BCUT2D eigenvalue weighted by molar-refractivity contribution is 5.91. The predicted octanol–water partition coefficient (Wildman–Crippen LogP) is 4.63. The van der Waals surface area contributed by atoms with Crippen molar-refractivity contribution in [2.45, 2.75) is 40.0 Å². The third-order valence-electron chi connectivity index (χ3n) is 3.87. The van der Waals surface area contributed by atoms with Crippen LogP contribution in [0.5, 0.6) is 5.75 Å². The number of hydrogen-bond acceptors (Lipinski definition) is 4. The van der Waals surface area contributed by atoms with Gasteiger partial charge in [-0.2, -0.15) is 0 Å². The minimum atomic E-state index is -0.384. The van der Waals surface area contributed by atoms with Crippen LogP contribution in [0.25, 0.3) is 0 Å². The highest BCUT2D eigenvalue weighted by Crippen LogP contribution is 2.26. The molecule has 0 bridgehead atoms. The first kappa shape index (κ1) is 17.7. The Balaban J connectivity index is 2.24. The Labute approximate surface area is 142 Å². The van der Waals surface area contributed by atoms with Crippen LogP contribution in [-0.4, -0.2) is 17.4 Å². The summed E-state index contributed by atoms with van der Waals surface area (Å²) < 4.78 is 5.57. The third kappa shape index (κ3) is 4.02. The van der Waals surface area contributed by atoms with Crippen molar-refractivity contribution < 1.29 is 14.7 Å². The lowest BCUT2D eigenvalue weighted by Gasteiger charge is -2.19. The van der Waals surface area contributed by atoms with Gasteiger partial charge in [0, 0.05) is 0 Å². The van der Waals surface area contributed by atoms with Crippen LogP contribution in [0.4, 0.5) is 0 Å². The molecule has 0 radical (unpaired) electrons. The zero-order chi connectivity index (χ0) is 17.9. The number of hydrogen-bond donors (Lipinski definition) is 1. The van der Waals surface area contributed by atoms with Gasteiger partial charge in [-0.05, 0) is 65.8 Å². The Hall–Kier alpha value is -2.62. The molecule has 2 aromatic rings. The summed E-state index contributed by atoms with van der Waals surface area (Å²) in [6, 6.07) is 11.1. The van der Waals surface area contributed by atoms with Gasteiger partial charge in [-0.3, -0.25) is 0 Å². The van der Waals surface area contributed by atoms with Crippen molar-refractivity contribution in [2.75, 3.05) is 0 Å². The second kappa shape index (κ2) is 6.87. The van der Waals surface area contributed by atoms with E-state index in [9.17, 15) is 4.79 Å². The molecule has 0 unspecified atom stereocenters. The largest absolute Gasteiger partial charge is 0.422 e. The molecule has 0 heterocycles. The molecule has 0 amide bonds. The smallest absolute Gasteiger partial charge is 0.343 e. The van der Waals surface area contributed by atoms with E-state index in [2.05, 4.69) is 25.9 Å². The van der Waals surface area contributed by atoms with Crippen molar-refractivity contribution in [1.29, 1.82) is 0 Å². The zero-order valence-electron chi connectivity index (χ0n) is 14.8. The summed E-state index contributed by atoms with van der Waals surface area (Å²) in [5, 5.41) is 11.7. The van der Waals surface area contributed by atoms with Gasteiger partial charge < -0.3 is 9.94 Å². The van der Waals surface area contributed by atoms with E-state index in [1.165, 1.54) is 11.8 Å². The van der Waals surface area contributed by atoms with Gasteiger partial charge in [-0.15, -0.1) is 0 Å². The van der Waals surface area contributed by atoms with E-state index >= 15 is 0 Å². The Kier molecular flexibility index (Phi) is 5.07. The predicted molar refractivity (Wildman–Crippen MR) is 95.4 cm³/mol. The number of ether oxygens (including phenoxy) is 1. The summed E-state index contributed by atoms with van der Waals surface area (Å²) in [7, 11) is 0. The van der Waals surface area contributed by atoms with Crippen molar-refractivity contribution in [2.24, 2.45) is 5.16 Å². The molecular formula is C20H23NO3. The first-order chi connectivity index (χ1) is 11.2. The maximum atomic E-state index is 12.4. The Bertz CT molecular complexity index is 745. The molecule has 0 aliphatic rings. The Morgan fingerprint density at radius 3 is 2.08 bits per heavy atom. The molecule has 0 spiro atoms.